The van der Waals surface area contributed by atoms with E-state index in [9.17, 15) is 9.59 Å². The van der Waals surface area contributed by atoms with Crippen molar-refractivity contribution < 1.29 is 9.59 Å². The van der Waals surface area contributed by atoms with E-state index in [0.29, 0.717) is 12.2 Å². The van der Waals surface area contributed by atoms with Gasteiger partial charge in [-0.1, -0.05) is 19.4 Å². The van der Waals surface area contributed by atoms with Crippen LogP contribution in [0.1, 0.15) is 26.7 Å². The molecule has 1 atom stereocenters. The minimum absolute atomic E-state index is 0.233. The zero-order valence-corrected chi connectivity index (χ0v) is 9.93. The van der Waals surface area contributed by atoms with Gasteiger partial charge in [0.05, 0.1) is 0 Å². The maximum absolute atomic E-state index is 12.2. The van der Waals surface area contributed by atoms with Crippen LogP contribution in [0.4, 0.5) is 10.6 Å². The first kappa shape index (κ1) is 11.6. The normalized spacial score (nSPS) is 24.0. The van der Waals surface area contributed by atoms with Crippen LogP contribution in [0.3, 0.4) is 0 Å². The molecule has 1 unspecified atom stereocenters. The maximum Gasteiger partial charge on any atom is 0.330 e. The van der Waals surface area contributed by atoms with E-state index in [4.69, 9.17) is 0 Å². The quantitative estimate of drug-likeness (QED) is 0.808. The van der Waals surface area contributed by atoms with Crippen molar-refractivity contribution in [1.29, 1.82) is 0 Å². The summed E-state index contributed by atoms with van der Waals surface area (Å²) in [6, 6.07) is 4.74. The highest BCUT2D eigenvalue weighted by molar-refractivity contribution is 6.22. The van der Waals surface area contributed by atoms with Gasteiger partial charge in [-0.05, 0) is 25.5 Å². The van der Waals surface area contributed by atoms with Crippen molar-refractivity contribution in [3.63, 3.8) is 0 Å². The fraction of sp³-hybridized carbons (Fsp3) is 0.417. The van der Waals surface area contributed by atoms with Gasteiger partial charge in [0.1, 0.15) is 11.4 Å². The molecule has 1 aromatic heterocycles. The number of carbonyl (C=O) groups is 2. The molecule has 5 nitrogen and oxygen atoms in total. The number of amides is 3. The number of imide groups is 1. The zero-order valence-electron chi connectivity index (χ0n) is 9.93. The Labute approximate surface area is 99.8 Å². The maximum atomic E-state index is 12.2. The Bertz CT molecular complexity index is 446. The highest BCUT2D eigenvalue weighted by atomic mass is 16.2. The lowest BCUT2D eigenvalue weighted by Gasteiger charge is -2.20. The SMILES string of the molecule is CCCC1(C)NC(=O)N(c2ccccn2)C1=O. The number of pyridine rings is 1. The standard InChI is InChI=1S/C12H15N3O2/c1-3-7-12(2)10(16)15(11(17)14-12)9-6-4-5-8-13-9/h4-6,8H,3,7H2,1-2H3,(H,14,17). The summed E-state index contributed by atoms with van der Waals surface area (Å²) < 4.78 is 0. The summed E-state index contributed by atoms with van der Waals surface area (Å²) in [5, 5.41) is 2.73. The molecule has 3 amide bonds. The number of anilines is 1. The van der Waals surface area contributed by atoms with Crippen molar-refractivity contribution in [2.75, 3.05) is 4.90 Å². The van der Waals surface area contributed by atoms with Crippen LogP contribution in [0.5, 0.6) is 0 Å². The highest BCUT2D eigenvalue weighted by Crippen LogP contribution is 2.26. The third kappa shape index (κ3) is 1.88. The summed E-state index contributed by atoms with van der Waals surface area (Å²) in [4.78, 5) is 29.2. The average molecular weight is 233 g/mol. The fourth-order valence-corrected chi connectivity index (χ4v) is 2.05. The summed E-state index contributed by atoms with van der Waals surface area (Å²) in [6.45, 7) is 3.73. The van der Waals surface area contributed by atoms with E-state index in [1.807, 2.05) is 6.92 Å². The lowest BCUT2D eigenvalue weighted by molar-refractivity contribution is -0.121. The summed E-state index contributed by atoms with van der Waals surface area (Å²) >= 11 is 0. The molecule has 90 valence electrons. The smallest absolute Gasteiger partial charge is 0.323 e. The zero-order chi connectivity index (χ0) is 12.5. The van der Waals surface area contributed by atoms with Crippen molar-refractivity contribution >= 4 is 17.8 Å². The minimum atomic E-state index is -0.802. The molecule has 5 heteroatoms. The largest absolute Gasteiger partial charge is 0.330 e. The Morgan fingerprint density at radius 1 is 1.41 bits per heavy atom. The molecule has 2 rings (SSSR count). The molecule has 0 aliphatic carbocycles. The van der Waals surface area contributed by atoms with Crippen molar-refractivity contribution in [2.45, 2.75) is 32.2 Å². The third-order valence-electron chi connectivity index (χ3n) is 2.89. The van der Waals surface area contributed by atoms with E-state index in [0.717, 1.165) is 11.3 Å². The van der Waals surface area contributed by atoms with Gasteiger partial charge in [-0.3, -0.25) is 4.79 Å². The van der Waals surface area contributed by atoms with Gasteiger partial charge < -0.3 is 5.32 Å². The molecule has 1 aliphatic rings. The number of aromatic nitrogens is 1. The van der Waals surface area contributed by atoms with E-state index in [2.05, 4.69) is 10.3 Å². The van der Waals surface area contributed by atoms with Crippen LogP contribution < -0.4 is 10.2 Å². The van der Waals surface area contributed by atoms with Crippen LogP contribution in [0, 0.1) is 0 Å². The molecule has 0 saturated carbocycles. The van der Waals surface area contributed by atoms with E-state index in [-0.39, 0.29) is 5.91 Å². The van der Waals surface area contributed by atoms with Gasteiger partial charge in [0.25, 0.3) is 5.91 Å². The van der Waals surface area contributed by atoms with Crippen molar-refractivity contribution in [3.05, 3.63) is 24.4 Å². The molecule has 1 saturated heterocycles. The Balaban J connectivity index is 2.32. The van der Waals surface area contributed by atoms with Gasteiger partial charge in [0, 0.05) is 6.20 Å². The predicted octanol–water partition coefficient (Wildman–Crippen LogP) is 1.70. The molecule has 1 N–H and O–H groups in total. The number of urea groups is 1. The molecule has 17 heavy (non-hydrogen) atoms. The van der Waals surface area contributed by atoms with Gasteiger partial charge in [-0.25, -0.2) is 14.7 Å². The van der Waals surface area contributed by atoms with Crippen molar-refractivity contribution in [2.24, 2.45) is 0 Å². The van der Waals surface area contributed by atoms with E-state index >= 15 is 0 Å². The van der Waals surface area contributed by atoms with Crippen LogP contribution in [0.2, 0.25) is 0 Å². The second-order valence-corrected chi connectivity index (χ2v) is 4.34. The van der Waals surface area contributed by atoms with Gasteiger partial charge in [-0.15, -0.1) is 0 Å². The molecule has 0 aromatic carbocycles. The predicted molar refractivity (Wildman–Crippen MR) is 63.6 cm³/mol. The van der Waals surface area contributed by atoms with Crippen molar-refractivity contribution in [1.82, 2.24) is 10.3 Å². The molecule has 1 fully saturated rings. The van der Waals surface area contributed by atoms with Gasteiger partial charge in [0.15, 0.2) is 0 Å². The number of nitrogens with zero attached hydrogens (tertiary/aromatic N) is 2. The van der Waals surface area contributed by atoms with Crippen LogP contribution in [-0.4, -0.2) is 22.5 Å². The van der Waals surface area contributed by atoms with Crippen LogP contribution in [-0.2, 0) is 4.79 Å². The second kappa shape index (κ2) is 4.16. The van der Waals surface area contributed by atoms with Crippen LogP contribution >= 0.6 is 0 Å². The summed E-state index contributed by atoms with van der Waals surface area (Å²) in [5.41, 5.74) is -0.802. The fourth-order valence-electron chi connectivity index (χ4n) is 2.05. The van der Waals surface area contributed by atoms with Gasteiger partial charge in [0.2, 0.25) is 0 Å². The Kier molecular flexibility index (Phi) is 2.83. The summed E-state index contributed by atoms with van der Waals surface area (Å²) in [7, 11) is 0. The number of hydrogen-bond acceptors (Lipinski definition) is 3. The lowest BCUT2D eigenvalue weighted by atomic mass is 9.96. The van der Waals surface area contributed by atoms with E-state index in [1.54, 1.807) is 31.3 Å². The average Bonchev–Trinajstić information content (AvgIpc) is 2.51. The first-order valence-electron chi connectivity index (χ1n) is 5.66. The van der Waals surface area contributed by atoms with E-state index in [1.165, 1.54) is 0 Å². The monoisotopic (exact) mass is 233 g/mol. The summed E-state index contributed by atoms with van der Waals surface area (Å²) in [6.07, 6.45) is 3.02. The lowest BCUT2D eigenvalue weighted by Crippen LogP contribution is -2.43. The first-order chi connectivity index (χ1) is 8.08. The number of carbonyl (C=O) groups excluding carboxylic acids is 2. The topological polar surface area (TPSA) is 62.3 Å². The molecule has 0 bridgehead atoms. The van der Waals surface area contributed by atoms with Crippen LogP contribution in [0.15, 0.2) is 24.4 Å². The Morgan fingerprint density at radius 2 is 2.18 bits per heavy atom. The highest BCUT2D eigenvalue weighted by Gasteiger charge is 2.48. The molecule has 2 heterocycles. The number of nitrogens with one attached hydrogen (secondary N) is 1. The number of rotatable bonds is 3. The van der Waals surface area contributed by atoms with Gasteiger partial charge >= 0.3 is 6.03 Å². The second-order valence-electron chi connectivity index (χ2n) is 4.34. The molecule has 1 aliphatic heterocycles. The van der Waals surface area contributed by atoms with Gasteiger partial charge in [-0.2, -0.15) is 0 Å². The molecule has 0 spiro atoms. The number of hydrogen-bond donors (Lipinski definition) is 1. The van der Waals surface area contributed by atoms with E-state index < -0.39 is 11.6 Å². The minimum Gasteiger partial charge on any atom is -0.323 e. The van der Waals surface area contributed by atoms with Crippen LogP contribution in [0.25, 0.3) is 0 Å². The van der Waals surface area contributed by atoms with Crippen molar-refractivity contribution in [3.8, 4) is 0 Å². The molecular weight excluding hydrogens is 218 g/mol. The summed E-state index contributed by atoms with van der Waals surface area (Å²) in [5.74, 6) is 0.137. The molecule has 1 aromatic rings. The third-order valence-corrected chi connectivity index (χ3v) is 2.89. The first-order valence-corrected chi connectivity index (χ1v) is 5.66. The Hall–Kier alpha value is -1.91. The Morgan fingerprint density at radius 3 is 2.76 bits per heavy atom. The molecular formula is C12H15N3O2. The molecule has 0 radical (unpaired) electrons.